The summed E-state index contributed by atoms with van der Waals surface area (Å²) in [6.07, 6.45) is 1.81. The van der Waals surface area contributed by atoms with Crippen LogP contribution in [0.2, 0.25) is 0 Å². The number of aromatic nitrogens is 2. The molecule has 0 unspecified atom stereocenters. The van der Waals surface area contributed by atoms with E-state index < -0.39 is 17.7 Å². The largest absolute Gasteiger partial charge is 0.476 e. The van der Waals surface area contributed by atoms with Crippen molar-refractivity contribution in [2.24, 2.45) is 0 Å². The molecule has 3 amide bonds. The van der Waals surface area contributed by atoms with E-state index in [-0.39, 0.29) is 16.8 Å². The minimum absolute atomic E-state index is 0.152. The summed E-state index contributed by atoms with van der Waals surface area (Å²) < 4.78 is 11.3. The van der Waals surface area contributed by atoms with Crippen LogP contribution in [0.25, 0.3) is 0 Å². The minimum atomic E-state index is -0.485. The molecule has 1 fully saturated rings. The van der Waals surface area contributed by atoms with Crippen molar-refractivity contribution >= 4 is 29.4 Å². The number of anilines is 2. The first-order chi connectivity index (χ1) is 17.5. The van der Waals surface area contributed by atoms with Gasteiger partial charge in [0.15, 0.2) is 0 Å². The molecular weight excluding hydrogens is 464 g/mol. The molecule has 0 spiro atoms. The fraction of sp³-hybridized carbons (Fsp3) is 0.480. The molecule has 4 rings (SSSR count). The number of morpholine rings is 1. The Morgan fingerprint density at radius 1 is 1.08 bits per heavy atom. The summed E-state index contributed by atoms with van der Waals surface area (Å²) in [6, 6.07) is 6.10. The van der Waals surface area contributed by atoms with Gasteiger partial charge in [-0.2, -0.15) is 4.98 Å². The zero-order valence-electron chi connectivity index (χ0n) is 20.7. The Morgan fingerprint density at radius 3 is 2.53 bits per heavy atom. The number of nitrogens with one attached hydrogen (secondary N) is 2. The number of fused-ring (bicyclic) bond motifs is 1. The van der Waals surface area contributed by atoms with Gasteiger partial charge >= 0.3 is 0 Å². The van der Waals surface area contributed by atoms with Crippen LogP contribution in [-0.2, 0) is 4.74 Å². The van der Waals surface area contributed by atoms with Crippen molar-refractivity contribution in [1.82, 2.24) is 20.2 Å². The predicted molar refractivity (Wildman–Crippen MR) is 134 cm³/mol. The van der Waals surface area contributed by atoms with Crippen molar-refractivity contribution in [2.45, 2.75) is 26.7 Å². The van der Waals surface area contributed by atoms with Crippen LogP contribution in [0.5, 0.6) is 5.88 Å². The lowest BCUT2D eigenvalue weighted by molar-refractivity contribution is 0.0320. The highest BCUT2D eigenvalue weighted by molar-refractivity contribution is 6.22. The molecule has 0 bridgehead atoms. The number of rotatable bonds is 11. The van der Waals surface area contributed by atoms with Crippen LogP contribution in [0.3, 0.4) is 0 Å². The lowest BCUT2D eigenvalue weighted by atomic mass is 10.1. The van der Waals surface area contributed by atoms with Gasteiger partial charge in [0.05, 0.1) is 24.3 Å². The van der Waals surface area contributed by atoms with Gasteiger partial charge in [0.2, 0.25) is 11.8 Å². The molecule has 0 aliphatic carbocycles. The standard InChI is InChI=1S/C25H32N6O5/c1-3-7-31(8-4-2)25-27-20(16-21(28-25)36-14-11-30-9-12-35-13-10-30)24(34)26-17-5-6-18-19(15-17)23(33)29-22(18)32/h5-6,15-16H,3-4,7-14H2,1-2H3,(H,26,34)(H,29,32,33). The van der Waals surface area contributed by atoms with Crippen LogP contribution >= 0.6 is 0 Å². The van der Waals surface area contributed by atoms with E-state index in [0.29, 0.717) is 37.3 Å². The van der Waals surface area contributed by atoms with E-state index in [1.807, 2.05) is 4.90 Å². The van der Waals surface area contributed by atoms with Gasteiger partial charge < -0.3 is 19.7 Å². The Hall–Kier alpha value is -3.57. The maximum absolute atomic E-state index is 13.2. The quantitative estimate of drug-likeness (QED) is 0.449. The van der Waals surface area contributed by atoms with Gasteiger partial charge in [0.25, 0.3) is 17.7 Å². The predicted octanol–water partition coefficient (Wildman–Crippen LogP) is 1.95. The van der Waals surface area contributed by atoms with Gasteiger partial charge in [-0.3, -0.25) is 24.6 Å². The molecule has 0 atom stereocenters. The number of hydrogen-bond donors (Lipinski definition) is 2. The molecule has 192 valence electrons. The van der Waals surface area contributed by atoms with Crippen LogP contribution < -0.4 is 20.3 Å². The summed E-state index contributed by atoms with van der Waals surface area (Å²) in [7, 11) is 0. The van der Waals surface area contributed by atoms with Crippen molar-refractivity contribution < 1.29 is 23.9 Å². The van der Waals surface area contributed by atoms with E-state index in [1.165, 1.54) is 18.2 Å². The van der Waals surface area contributed by atoms with Crippen LogP contribution in [-0.4, -0.2) is 85.1 Å². The van der Waals surface area contributed by atoms with E-state index in [0.717, 1.165) is 45.6 Å². The van der Waals surface area contributed by atoms with Crippen LogP contribution in [0.15, 0.2) is 24.3 Å². The van der Waals surface area contributed by atoms with Crippen molar-refractivity contribution in [3.8, 4) is 5.88 Å². The Kier molecular flexibility index (Phi) is 8.44. The number of benzene rings is 1. The minimum Gasteiger partial charge on any atom is -0.476 e. The fourth-order valence-electron chi connectivity index (χ4n) is 4.14. The number of carbonyl (C=O) groups is 3. The summed E-state index contributed by atoms with van der Waals surface area (Å²) in [6.45, 7) is 9.95. The molecule has 1 aromatic carbocycles. The third-order valence-electron chi connectivity index (χ3n) is 5.95. The zero-order valence-corrected chi connectivity index (χ0v) is 20.7. The normalized spacial score (nSPS) is 15.4. The first-order valence-electron chi connectivity index (χ1n) is 12.4. The number of ether oxygens (including phenoxy) is 2. The second kappa shape index (κ2) is 11.9. The summed E-state index contributed by atoms with van der Waals surface area (Å²) in [5.74, 6) is -0.629. The molecule has 2 aliphatic rings. The Labute approximate surface area is 210 Å². The Bertz CT molecular complexity index is 1110. The van der Waals surface area contributed by atoms with E-state index >= 15 is 0 Å². The average molecular weight is 497 g/mol. The molecule has 2 aromatic rings. The van der Waals surface area contributed by atoms with Gasteiger partial charge in [-0.05, 0) is 31.0 Å². The molecule has 36 heavy (non-hydrogen) atoms. The first-order valence-corrected chi connectivity index (χ1v) is 12.4. The molecule has 1 saturated heterocycles. The van der Waals surface area contributed by atoms with Gasteiger partial charge in [0, 0.05) is 44.5 Å². The number of hydrogen-bond acceptors (Lipinski definition) is 9. The van der Waals surface area contributed by atoms with Crippen molar-refractivity contribution in [2.75, 3.05) is 62.8 Å². The van der Waals surface area contributed by atoms with Gasteiger partial charge in [-0.15, -0.1) is 0 Å². The van der Waals surface area contributed by atoms with Crippen molar-refractivity contribution in [3.05, 3.63) is 41.1 Å². The van der Waals surface area contributed by atoms with E-state index in [9.17, 15) is 14.4 Å². The monoisotopic (exact) mass is 496 g/mol. The maximum atomic E-state index is 13.2. The van der Waals surface area contributed by atoms with Gasteiger partial charge in [0.1, 0.15) is 12.3 Å². The second-order valence-electron chi connectivity index (χ2n) is 8.68. The van der Waals surface area contributed by atoms with Gasteiger partial charge in [-0.25, -0.2) is 4.98 Å². The highest BCUT2D eigenvalue weighted by Gasteiger charge is 2.27. The smallest absolute Gasteiger partial charge is 0.274 e. The molecular formula is C25H32N6O5. The lowest BCUT2D eigenvalue weighted by Gasteiger charge is -2.26. The average Bonchev–Trinajstić information content (AvgIpc) is 3.17. The zero-order chi connectivity index (χ0) is 25.5. The Morgan fingerprint density at radius 2 is 1.81 bits per heavy atom. The number of nitrogens with zero attached hydrogens (tertiary/aromatic N) is 4. The summed E-state index contributed by atoms with van der Waals surface area (Å²) >= 11 is 0. The third kappa shape index (κ3) is 6.16. The molecule has 11 nitrogen and oxygen atoms in total. The van der Waals surface area contributed by atoms with Crippen LogP contribution in [0.4, 0.5) is 11.6 Å². The molecule has 1 aromatic heterocycles. The van der Waals surface area contributed by atoms with Crippen LogP contribution in [0, 0.1) is 0 Å². The van der Waals surface area contributed by atoms with Crippen molar-refractivity contribution in [1.29, 1.82) is 0 Å². The lowest BCUT2D eigenvalue weighted by Crippen LogP contribution is -2.38. The van der Waals surface area contributed by atoms with E-state index in [2.05, 4.69) is 39.3 Å². The molecule has 3 heterocycles. The number of imide groups is 1. The Balaban J connectivity index is 1.53. The summed E-state index contributed by atoms with van der Waals surface area (Å²) in [4.78, 5) is 50.4. The molecule has 11 heteroatoms. The summed E-state index contributed by atoms with van der Waals surface area (Å²) in [5.41, 5.74) is 1.05. The maximum Gasteiger partial charge on any atom is 0.274 e. The highest BCUT2D eigenvalue weighted by Crippen LogP contribution is 2.22. The first kappa shape index (κ1) is 25.5. The van der Waals surface area contributed by atoms with Crippen molar-refractivity contribution in [3.63, 3.8) is 0 Å². The second-order valence-corrected chi connectivity index (χ2v) is 8.68. The summed E-state index contributed by atoms with van der Waals surface area (Å²) in [5, 5.41) is 5.02. The van der Waals surface area contributed by atoms with Crippen LogP contribution in [0.1, 0.15) is 57.9 Å². The molecule has 0 saturated carbocycles. The highest BCUT2D eigenvalue weighted by atomic mass is 16.5. The molecule has 2 N–H and O–H groups in total. The topological polar surface area (TPSA) is 126 Å². The third-order valence-corrected chi connectivity index (χ3v) is 5.95. The van der Waals surface area contributed by atoms with E-state index in [1.54, 1.807) is 6.07 Å². The van der Waals surface area contributed by atoms with E-state index in [4.69, 9.17) is 9.47 Å². The van der Waals surface area contributed by atoms with Gasteiger partial charge in [-0.1, -0.05) is 13.8 Å². The number of amides is 3. The number of carbonyl (C=O) groups excluding carboxylic acids is 3. The fourth-order valence-corrected chi connectivity index (χ4v) is 4.14. The SMILES string of the molecule is CCCN(CCC)c1nc(OCCN2CCOCC2)cc(C(=O)Nc2ccc3c(c2)C(=O)NC3=O)n1. The molecule has 0 radical (unpaired) electrons. The molecule has 2 aliphatic heterocycles.